The number of allylic oxidation sites excluding steroid dienone is 7. The zero-order chi connectivity index (χ0) is 41.5. The molecule has 0 aromatic rings. The molecule has 2 unspecified atom stereocenters. The van der Waals surface area contributed by atoms with E-state index in [4.69, 9.17) is 4.74 Å². The van der Waals surface area contributed by atoms with E-state index in [1.807, 2.05) is 6.08 Å². The van der Waals surface area contributed by atoms with Gasteiger partial charge in [0.25, 0.3) is 0 Å². The molecule has 0 fully saturated rings. The van der Waals surface area contributed by atoms with Crippen LogP contribution in [0.5, 0.6) is 0 Å². The minimum atomic E-state index is -0.861. The second-order valence-electron chi connectivity index (χ2n) is 16.4. The summed E-state index contributed by atoms with van der Waals surface area (Å²) in [5, 5.41) is 22.9. The SMILES string of the molecule is CCCCC/C=C\C/C=C\CCCCCCCCCCCC(=O)OCCCC/C=C\CCCCCCCC(=O)NC(CO)C(O)/C=C/CCCCCCCCCC. The molecule has 0 aromatic carbocycles. The molecule has 0 rings (SSSR count). The zero-order valence-corrected chi connectivity index (χ0v) is 37.6. The molecule has 0 aromatic heterocycles. The van der Waals surface area contributed by atoms with Gasteiger partial charge in [-0.15, -0.1) is 0 Å². The number of unbranched alkanes of at least 4 members (excludes halogenated alkanes) is 27. The zero-order valence-electron chi connectivity index (χ0n) is 37.6. The monoisotopic (exact) mass is 800 g/mol. The van der Waals surface area contributed by atoms with Crippen LogP contribution in [0.3, 0.4) is 0 Å². The summed E-state index contributed by atoms with van der Waals surface area (Å²) >= 11 is 0. The number of hydrogen-bond donors (Lipinski definition) is 3. The van der Waals surface area contributed by atoms with Crippen molar-refractivity contribution in [3.63, 3.8) is 0 Å². The molecule has 0 heterocycles. The Balaban J connectivity index is 3.52. The first-order chi connectivity index (χ1) is 28.0. The smallest absolute Gasteiger partial charge is 0.305 e. The Kier molecular flexibility index (Phi) is 44.7. The highest BCUT2D eigenvalue weighted by Gasteiger charge is 2.18. The van der Waals surface area contributed by atoms with Crippen LogP contribution in [0.2, 0.25) is 0 Å². The predicted molar refractivity (Wildman–Crippen MR) is 245 cm³/mol. The molecule has 6 heteroatoms. The van der Waals surface area contributed by atoms with E-state index in [1.54, 1.807) is 6.08 Å². The molecule has 0 aliphatic rings. The molecule has 0 radical (unpaired) electrons. The minimum absolute atomic E-state index is 0.0383. The van der Waals surface area contributed by atoms with Crippen LogP contribution < -0.4 is 5.32 Å². The van der Waals surface area contributed by atoms with Crippen molar-refractivity contribution in [3.05, 3.63) is 48.6 Å². The average Bonchev–Trinajstić information content (AvgIpc) is 3.21. The van der Waals surface area contributed by atoms with Crippen LogP contribution in [-0.2, 0) is 14.3 Å². The molecule has 332 valence electrons. The number of carbonyl (C=O) groups excluding carboxylic acids is 2. The number of ether oxygens (including phenoxy) is 1. The Labute approximate surface area is 353 Å². The van der Waals surface area contributed by atoms with Crippen LogP contribution in [0.1, 0.15) is 239 Å². The Hall–Kier alpha value is -2.18. The maximum absolute atomic E-state index is 12.4. The second-order valence-corrected chi connectivity index (χ2v) is 16.4. The third-order valence-electron chi connectivity index (χ3n) is 10.8. The van der Waals surface area contributed by atoms with Crippen molar-refractivity contribution in [1.29, 1.82) is 0 Å². The van der Waals surface area contributed by atoms with Crippen molar-refractivity contribution in [2.75, 3.05) is 13.2 Å². The lowest BCUT2D eigenvalue weighted by atomic mass is 10.1. The standard InChI is InChI=1S/C51H93NO5/c1-3-5-7-9-11-13-15-16-17-18-19-20-21-22-25-29-33-37-41-45-51(56)57-46-42-38-34-30-26-23-24-28-32-36-40-44-50(55)52-48(47-53)49(54)43-39-35-31-27-14-12-10-8-6-4-2/h11,13,16-17,26,30,39,43,48-49,53-54H,3-10,12,14-15,18-25,27-29,31-38,40-42,44-47H2,1-2H3,(H,52,55)/b13-11-,17-16-,30-26-,43-39+. The normalized spacial score (nSPS) is 13.1. The van der Waals surface area contributed by atoms with E-state index < -0.39 is 12.1 Å². The molecule has 2 atom stereocenters. The molecule has 0 bridgehead atoms. The van der Waals surface area contributed by atoms with Gasteiger partial charge in [0, 0.05) is 12.8 Å². The highest BCUT2D eigenvalue weighted by molar-refractivity contribution is 5.76. The van der Waals surface area contributed by atoms with Gasteiger partial charge >= 0.3 is 5.97 Å². The topological polar surface area (TPSA) is 95.9 Å². The van der Waals surface area contributed by atoms with Gasteiger partial charge in [-0.05, 0) is 89.9 Å². The van der Waals surface area contributed by atoms with E-state index in [9.17, 15) is 19.8 Å². The van der Waals surface area contributed by atoms with Crippen LogP contribution in [-0.4, -0.2) is 47.4 Å². The summed E-state index contributed by atoms with van der Waals surface area (Å²) in [6.45, 7) is 4.76. The maximum Gasteiger partial charge on any atom is 0.305 e. The Morgan fingerprint density at radius 1 is 0.491 bits per heavy atom. The fraction of sp³-hybridized carbons (Fsp3) is 0.804. The number of rotatable bonds is 44. The lowest BCUT2D eigenvalue weighted by molar-refractivity contribution is -0.143. The predicted octanol–water partition coefficient (Wildman–Crippen LogP) is 14.3. The van der Waals surface area contributed by atoms with Crippen LogP contribution in [0.4, 0.5) is 0 Å². The molecule has 1 amide bonds. The summed E-state index contributed by atoms with van der Waals surface area (Å²) < 4.78 is 5.44. The molecule has 6 nitrogen and oxygen atoms in total. The maximum atomic E-state index is 12.4. The molecule has 0 aliphatic carbocycles. The number of hydrogen-bond acceptors (Lipinski definition) is 5. The molecule has 0 aliphatic heterocycles. The van der Waals surface area contributed by atoms with E-state index >= 15 is 0 Å². The van der Waals surface area contributed by atoms with E-state index in [-0.39, 0.29) is 18.5 Å². The fourth-order valence-corrected chi connectivity index (χ4v) is 7.01. The second kappa shape index (κ2) is 46.5. The molecular formula is C51H93NO5. The van der Waals surface area contributed by atoms with Crippen molar-refractivity contribution in [2.45, 2.75) is 251 Å². The van der Waals surface area contributed by atoms with Gasteiger partial charge in [0.2, 0.25) is 5.91 Å². The number of nitrogens with one attached hydrogen (secondary N) is 1. The number of amides is 1. The van der Waals surface area contributed by atoms with Gasteiger partial charge < -0.3 is 20.3 Å². The summed E-state index contributed by atoms with van der Waals surface area (Å²) in [5.41, 5.74) is 0. The van der Waals surface area contributed by atoms with E-state index in [0.29, 0.717) is 19.4 Å². The van der Waals surface area contributed by atoms with E-state index in [0.717, 1.165) is 89.9 Å². The summed E-state index contributed by atoms with van der Waals surface area (Å²) in [5.74, 6) is -0.139. The third kappa shape index (κ3) is 43.2. The van der Waals surface area contributed by atoms with E-state index in [1.165, 1.54) is 122 Å². The lowest BCUT2D eigenvalue weighted by Crippen LogP contribution is -2.45. The number of esters is 1. The van der Waals surface area contributed by atoms with Gasteiger partial charge in [-0.1, -0.05) is 184 Å². The lowest BCUT2D eigenvalue weighted by Gasteiger charge is -2.20. The first-order valence-electron chi connectivity index (χ1n) is 24.4. The van der Waals surface area contributed by atoms with Crippen LogP contribution in [0.15, 0.2) is 48.6 Å². The van der Waals surface area contributed by atoms with Gasteiger partial charge in [-0.3, -0.25) is 9.59 Å². The molecule has 0 spiro atoms. The molecular weight excluding hydrogens is 707 g/mol. The van der Waals surface area contributed by atoms with Crippen molar-refractivity contribution in [1.82, 2.24) is 5.32 Å². The van der Waals surface area contributed by atoms with Crippen molar-refractivity contribution in [3.8, 4) is 0 Å². The van der Waals surface area contributed by atoms with Crippen LogP contribution in [0, 0.1) is 0 Å². The number of aliphatic hydroxyl groups is 2. The number of carbonyl (C=O) groups is 2. The van der Waals surface area contributed by atoms with Crippen LogP contribution in [0.25, 0.3) is 0 Å². The minimum Gasteiger partial charge on any atom is -0.466 e. The van der Waals surface area contributed by atoms with Crippen molar-refractivity contribution < 1.29 is 24.5 Å². The first kappa shape index (κ1) is 54.8. The van der Waals surface area contributed by atoms with Crippen molar-refractivity contribution >= 4 is 11.9 Å². The average molecular weight is 800 g/mol. The molecule has 57 heavy (non-hydrogen) atoms. The van der Waals surface area contributed by atoms with Gasteiger partial charge in [0.15, 0.2) is 0 Å². The molecule has 3 N–H and O–H groups in total. The van der Waals surface area contributed by atoms with Crippen LogP contribution >= 0.6 is 0 Å². The number of aliphatic hydroxyl groups excluding tert-OH is 2. The summed E-state index contributed by atoms with van der Waals surface area (Å²) in [6, 6.07) is -0.648. The van der Waals surface area contributed by atoms with E-state index in [2.05, 4.69) is 55.6 Å². The highest BCUT2D eigenvalue weighted by Crippen LogP contribution is 2.14. The summed E-state index contributed by atoms with van der Waals surface area (Å²) in [6.07, 6.45) is 56.8. The largest absolute Gasteiger partial charge is 0.466 e. The summed E-state index contributed by atoms with van der Waals surface area (Å²) in [7, 11) is 0. The fourth-order valence-electron chi connectivity index (χ4n) is 7.01. The highest BCUT2D eigenvalue weighted by atomic mass is 16.5. The van der Waals surface area contributed by atoms with Gasteiger partial charge in [-0.2, -0.15) is 0 Å². The first-order valence-corrected chi connectivity index (χ1v) is 24.4. The summed E-state index contributed by atoms with van der Waals surface area (Å²) in [4.78, 5) is 24.4. The Morgan fingerprint density at radius 2 is 0.877 bits per heavy atom. The molecule has 0 saturated carbocycles. The van der Waals surface area contributed by atoms with Crippen molar-refractivity contribution in [2.24, 2.45) is 0 Å². The van der Waals surface area contributed by atoms with Gasteiger partial charge in [0.05, 0.1) is 25.4 Å². The Bertz CT molecular complexity index is 973. The Morgan fingerprint density at radius 3 is 1.39 bits per heavy atom. The quantitative estimate of drug-likeness (QED) is 0.0324. The van der Waals surface area contributed by atoms with Gasteiger partial charge in [0.1, 0.15) is 0 Å². The molecule has 0 saturated heterocycles. The van der Waals surface area contributed by atoms with Gasteiger partial charge in [-0.25, -0.2) is 0 Å². The third-order valence-corrected chi connectivity index (χ3v) is 10.8.